The van der Waals surface area contributed by atoms with Crippen molar-refractivity contribution in [2.45, 2.75) is 52.4 Å². The van der Waals surface area contributed by atoms with E-state index in [0.717, 1.165) is 11.5 Å². The standard InChI is InChI=1S/C14H23Cl/c1-5-8-14(11(3)6-2)9-7-13(10-14)12(4)15/h13H,3-10H2,1-2H3. The van der Waals surface area contributed by atoms with Crippen LogP contribution in [0.1, 0.15) is 52.4 Å². The van der Waals surface area contributed by atoms with Crippen molar-refractivity contribution in [2.75, 3.05) is 0 Å². The van der Waals surface area contributed by atoms with Crippen molar-refractivity contribution in [3.05, 3.63) is 23.8 Å². The normalized spacial score (nSPS) is 30.5. The summed E-state index contributed by atoms with van der Waals surface area (Å²) in [4.78, 5) is 0. The molecule has 0 aromatic carbocycles. The van der Waals surface area contributed by atoms with Gasteiger partial charge >= 0.3 is 0 Å². The van der Waals surface area contributed by atoms with Crippen LogP contribution in [0.5, 0.6) is 0 Å². The molecule has 0 aromatic heterocycles. The van der Waals surface area contributed by atoms with E-state index >= 15 is 0 Å². The van der Waals surface area contributed by atoms with Crippen molar-refractivity contribution in [2.24, 2.45) is 11.3 Å². The van der Waals surface area contributed by atoms with Gasteiger partial charge in [0.1, 0.15) is 0 Å². The molecule has 15 heavy (non-hydrogen) atoms. The summed E-state index contributed by atoms with van der Waals surface area (Å²) in [5.41, 5.74) is 1.79. The average Bonchev–Trinajstić information content (AvgIpc) is 2.63. The molecule has 0 heterocycles. The molecule has 2 unspecified atom stereocenters. The van der Waals surface area contributed by atoms with Gasteiger partial charge in [0.15, 0.2) is 0 Å². The summed E-state index contributed by atoms with van der Waals surface area (Å²) in [6, 6.07) is 0. The third kappa shape index (κ3) is 2.66. The van der Waals surface area contributed by atoms with Gasteiger partial charge in [-0.1, -0.05) is 50.6 Å². The first kappa shape index (κ1) is 12.8. The predicted molar refractivity (Wildman–Crippen MR) is 69.1 cm³/mol. The number of hydrogen-bond acceptors (Lipinski definition) is 0. The van der Waals surface area contributed by atoms with Crippen molar-refractivity contribution in [3.63, 3.8) is 0 Å². The van der Waals surface area contributed by atoms with E-state index in [1.807, 2.05) is 0 Å². The zero-order chi connectivity index (χ0) is 11.5. The van der Waals surface area contributed by atoms with Gasteiger partial charge in [-0.3, -0.25) is 0 Å². The van der Waals surface area contributed by atoms with Crippen LogP contribution < -0.4 is 0 Å². The average molecular weight is 227 g/mol. The van der Waals surface area contributed by atoms with Crippen LogP contribution >= 0.6 is 11.6 Å². The number of allylic oxidation sites excluding steroid dienone is 2. The van der Waals surface area contributed by atoms with Crippen LogP contribution in [0.15, 0.2) is 23.8 Å². The molecule has 1 aliphatic rings. The molecule has 86 valence electrons. The maximum atomic E-state index is 6.04. The van der Waals surface area contributed by atoms with Crippen LogP contribution in [0.25, 0.3) is 0 Å². The first-order valence-corrected chi connectivity index (χ1v) is 6.46. The molecule has 0 spiro atoms. The van der Waals surface area contributed by atoms with E-state index in [9.17, 15) is 0 Å². The first-order valence-electron chi connectivity index (χ1n) is 6.08. The van der Waals surface area contributed by atoms with E-state index in [-0.39, 0.29) is 0 Å². The Morgan fingerprint density at radius 2 is 2.07 bits per heavy atom. The van der Waals surface area contributed by atoms with E-state index in [1.165, 1.54) is 37.7 Å². The Balaban J connectivity index is 2.77. The lowest BCUT2D eigenvalue weighted by Gasteiger charge is -2.31. The second-order valence-electron chi connectivity index (χ2n) is 4.87. The van der Waals surface area contributed by atoms with Crippen molar-refractivity contribution in [1.82, 2.24) is 0 Å². The van der Waals surface area contributed by atoms with E-state index in [4.69, 9.17) is 11.6 Å². The van der Waals surface area contributed by atoms with Gasteiger partial charge in [0.05, 0.1) is 0 Å². The monoisotopic (exact) mass is 226 g/mol. The molecule has 0 amide bonds. The highest BCUT2D eigenvalue weighted by atomic mass is 35.5. The summed E-state index contributed by atoms with van der Waals surface area (Å²) < 4.78 is 0. The molecule has 1 heteroatoms. The molecular formula is C14H23Cl. The fourth-order valence-electron chi connectivity index (χ4n) is 2.97. The molecule has 0 saturated heterocycles. The zero-order valence-corrected chi connectivity index (χ0v) is 10.9. The van der Waals surface area contributed by atoms with Crippen LogP contribution in [0, 0.1) is 11.3 Å². The highest BCUT2D eigenvalue weighted by Crippen LogP contribution is 2.52. The molecule has 1 saturated carbocycles. The summed E-state index contributed by atoms with van der Waals surface area (Å²) >= 11 is 6.04. The number of halogens is 1. The molecule has 0 aromatic rings. The highest BCUT2D eigenvalue weighted by Gasteiger charge is 2.40. The first-order chi connectivity index (χ1) is 7.05. The maximum absolute atomic E-state index is 6.04. The third-order valence-corrected chi connectivity index (χ3v) is 4.27. The number of hydrogen-bond donors (Lipinski definition) is 0. The molecule has 0 bridgehead atoms. The second kappa shape index (κ2) is 5.21. The Hall–Kier alpha value is -0.230. The Kier molecular flexibility index (Phi) is 4.45. The lowest BCUT2D eigenvalue weighted by atomic mass is 9.74. The lowest BCUT2D eigenvalue weighted by molar-refractivity contribution is 0.319. The fourth-order valence-corrected chi connectivity index (χ4v) is 3.16. The molecule has 0 radical (unpaired) electrons. The Bertz CT molecular complexity index is 254. The summed E-state index contributed by atoms with van der Waals surface area (Å²) in [7, 11) is 0. The van der Waals surface area contributed by atoms with E-state index in [1.54, 1.807) is 0 Å². The molecule has 1 rings (SSSR count). The minimum absolute atomic E-state index is 0.367. The molecule has 2 atom stereocenters. The van der Waals surface area contributed by atoms with Crippen LogP contribution in [0.3, 0.4) is 0 Å². The highest BCUT2D eigenvalue weighted by molar-refractivity contribution is 6.29. The van der Waals surface area contributed by atoms with Gasteiger partial charge in [0.2, 0.25) is 0 Å². The number of rotatable bonds is 5. The van der Waals surface area contributed by atoms with Crippen LogP contribution in [-0.2, 0) is 0 Å². The minimum atomic E-state index is 0.367. The fraction of sp³-hybridized carbons (Fsp3) is 0.714. The Morgan fingerprint density at radius 1 is 1.40 bits per heavy atom. The molecule has 0 N–H and O–H groups in total. The summed E-state index contributed by atoms with van der Waals surface area (Å²) in [6.45, 7) is 12.6. The largest absolute Gasteiger partial charge is 0.0993 e. The van der Waals surface area contributed by atoms with E-state index < -0.39 is 0 Å². The predicted octanol–water partition coefficient (Wildman–Crippen LogP) is 5.29. The van der Waals surface area contributed by atoms with Gasteiger partial charge in [0, 0.05) is 5.03 Å². The van der Waals surface area contributed by atoms with Gasteiger partial charge in [-0.25, -0.2) is 0 Å². The van der Waals surface area contributed by atoms with Crippen molar-refractivity contribution in [3.8, 4) is 0 Å². The zero-order valence-electron chi connectivity index (χ0n) is 10.1. The van der Waals surface area contributed by atoms with Crippen LogP contribution in [0.4, 0.5) is 0 Å². The summed E-state index contributed by atoms with van der Waals surface area (Å²) in [6.07, 6.45) is 7.23. The molecule has 1 fully saturated rings. The quantitative estimate of drug-likeness (QED) is 0.559. The second-order valence-corrected chi connectivity index (χ2v) is 5.36. The van der Waals surface area contributed by atoms with Crippen molar-refractivity contribution in [1.29, 1.82) is 0 Å². The smallest absolute Gasteiger partial charge is 0.0140 e. The van der Waals surface area contributed by atoms with Crippen LogP contribution in [0.2, 0.25) is 0 Å². The van der Waals surface area contributed by atoms with Gasteiger partial charge in [-0.15, -0.1) is 0 Å². The van der Waals surface area contributed by atoms with Gasteiger partial charge in [-0.05, 0) is 43.4 Å². The van der Waals surface area contributed by atoms with Crippen molar-refractivity contribution >= 4 is 11.6 Å². The lowest BCUT2D eigenvalue weighted by Crippen LogP contribution is -2.19. The van der Waals surface area contributed by atoms with E-state index in [2.05, 4.69) is 27.0 Å². The van der Waals surface area contributed by atoms with Gasteiger partial charge < -0.3 is 0 Å². The van der Waals surface area contributed by atoms with Gasteiger partial charge in [-0.2, -0.15) is 0 Å². The topological polar surface area (TPSA) is 0 Å². The Labute approximate surface area is 99.4 Å². The summed E-state index contributed by atoms with van der Waals surface area (Å²) in [5.74, 6) is 0.515. The Morgan fingerprint density at radius 3 is 2.47 bits per heavy atom. The molecule has 1 aliphatic carbocycles. The molecule has 0 nitrogen and oxygen atoms in total. The third-order valence-electron chi connectivity index (χ3n) is 3.96. The maximum Gasteiger partial charge on any atom is 0.0140 e. The van der Waals surface area contributed by atoms with Crippen LogP contribution in [-0.4, -0.2) is 0 Å². The van der Waals surface area contributed by atoms with Gasteiger partial charge in [0.25, 0.3) is 0 Å². The molecule has 0 aliphatic heterocycles. The molecular weight excluding hydrogens is 204 g/mol. The summed E-state index contributed by atoms with van der Waals surface area (Å²) in [5, 5.41) is 0.844. The van der Waals surface area contributed by atoms with E-state index in [0.29, 0.717) is 11.3 Å². The minimum Gasteiger partial charge on any atom is -0.0993 e. The SMILES string of the molecule is C=C(Cl)C1CCC(CCC)(C(=C)CC)C1. The van der Waals surface area contributed by atoms with Crippen molar-refractivity contribution < 1.29 is 0 Å².